The number of nitrogens with one attached hydrogen (secondary N) is 1. The van der Waals surface area contributed by atoms with Crippen LogP contribution in [0.15, 0.2) is 53.4 Å². The number of amides is 2. The van der Waals surface area contributed by atoms with Gasteiger partial charge in [-0.1, -0.05) is 45.0 Å². The summed E-state index contributed by atoms with van der Waals surface area (Å²) >= 11 is 0. The van der Waals surface area contributed by atoms with Gasteiger partial charge in [-0.2, -0.15) is 0 Å². The number of nitrogens with zero attached hydrogens (tertiary/aromatic N) is 1. The van der Waals surface area contributed by atoms with Gasteiger partial charge in [-0.3, -0.25) is 9.59 Å². The molecule has 2 amide bonds. The van der Waals surface area contributed by atoms with Gasteiger partial charge in [0.25, 0.3) is 5.91 Å². The van der Waals surface area contributed by atoms with Crippen LogP contribution in [0.2, 0.25) is 0 Å². The van der Waals surface area contributed by atoms with Gasteiger partial charge in [-0.05, 0) is 48.1 Å². The first-order valence-electron chi connectivity index (χ1n) is 10.7. The predicted octanol–water partition coefficient (Wildman–Crippen LogP) is 3.78. The van der Waals surface area contributed by atoms with Crippen molar-refractivity contribution in [2.75, 3.05) is 24.2 Å². The zero-order chi connectivity index (χ0) is 22.6. The molecule has 1 saturated heterocycles. The average molecular weight is 443 g/mol. The monoisotopic (exact) mass is 442 g/mol. The summed E-state index contributed by atoms with van der Waals surface area (Å²) in [6.07, 6.45) is 1.20. The van der Waals surface area contributed by atoms with Gasteiger partial charge in [0.2, 0.25) is 5.91 Å². The Labute approximate surface area is 184 Å². The van der Waals surface area contributed by atoms with Crippen molar-refractivity contribution in [3.8, 4) is 0 Å². The van der Waals surface area contributed by atoms with Crippen molar-refractivity contribution in [1.82, 2.24) is 4.90 Å². The summed E-state index contributed by atoms with van der Waals surface area (Å²) in [6, 6.07) is 13.4. The molecule has 3 rings (SSSR count). The molecule has 2 unspecified atom stereocenters. The topological polar surface area (TPSA) is 83.5 Å². The molecule has 31 heavy (non-hydrogen) atoms. The number of rotatable bonds is 6. The number of piperidine rings is 1. The molecule has 0 aliphatic carbocycles. The second-order valence-electron chi connectivity index (χ2n) is 8.47. The van der Waals surface area contributed by atoms with Gasteiger partial charge in [-0.15, -0.1) is 0 Å². The fourth-order valence-electron chi connectivity index (χ4n) is 4.14. The Morgan fingerprint density at radius 2 is 1.61 bits per heavy atom. The van der Waals surface area contributed by atoms with E-state index in [1.165, 1.54) is 12.1 Å². The second kappa shape index (κ2) is 9.64. The Morgan fingerprint density at radius 3 is 2.23 bits per heavy atom. The molecule has 2 aromatic carbocycles. The van der Waals surface area contributed by atoms with Crippen molar-refractivity contribution in [1.29, 1.82) is 0 Å². The van der Waals surface area contributed by atoms with Crippen LogP contribution in [0.4, 0.5) is 5.69 Å². The maximum absolute atomic E-state index is 13.1. The molecule has 0 saturated carbocycles. The number of hydrogen-bond acceptors (Lipinski definition) is 4. The minimum Gasteiger partial charge on any atom is -0.338 e. The molecule has 0 spiro atoms. The van der Waals surface area contributed by atoms with E-state index in [0.29, 0.717) is 28.7 Å². The van der Waals surface area contributed by atoms with Gasteiger partial charge in [0.15, 0.2) is 9.84 Å². The largest absolute Gasteiger partial charge is 0.338 e. The molecule has 1 N–H and O–H groups in total. The third-order valence-electron chi connectivity index (χ3n) is 5.61. The van der Waals surface area contributed by atoms with Crippen LogP contribution in [0, 0.1) is 11.8 Å². The van der Waals surface area contributed by atoms with Crippen LogP contribution in [0.5, 0.6) is 0 Å². The zero-order valence-corrected chi connectivity index (χ0v) is 19.1. The molecular weight excluding hydrogens is 412 g/mol. The van der Waals surface area contributed by atoms with E-state index in [4.69, 9.17) is 0 Å². The molecule has 2 aromatic rings. The minimum atomic E-state index is -3.27. The summed E-state index contributed by atoms with van der Waals surface area (Å²) in [4.78, 5) is 27.9. The summed E-state index contributed by atoms with van der Waals surface area (Å²) < 4.78 is 23.9. The summed E-state index contributed by atoms with van der Waals surface area (Å²) in [6.45, 7) is 7.35. The molecule has 2 atom stereocenters. The van der Waals surface area contributed by atoms with Crippen molar-refractivity contribution in [3.63, 3.8) is 0 Å². The Bertz CT molecular complexity index is 1040. The Kier molecular flexibility index (Phi) is 7.15. The third kappa shape index (κ3) is 5.73. The minimum absolute atomic E-state index is 0.0339. The molecule has 0 aromatic heterocycles. The lowest BCUT2D eigenvalue weighted by atomic mass is 9.91. The number of benzene rings is 2. The first-order chi connectivity index (χ1) is 14.7. The van der Waals surface area contributed by atoms with Gasteiger partial charge in [-0.25, -0.2) is 8.42 Å². The van der Waals surface area contributed by atoms with E-state index in [9.17, 15) is 18.0 Å². The van der Waals surface area contributed by atoms with E-state index >= 15 is 0 Å². The van der Waals surface area contributed by atoms with Gasteiger partial charge < -0.3 is 10.2 Å². The summed E-state index contributed by atoms with van der Waals surface area (Å²) in [5, 5.41) is 2.85. The van der Waals surface area contributed by atoms with E-state index < -0.39 is 9.84 Å². The van der Waals surface area contributed by atoms with Gasteiger partial charge in [0.1, 0.15) is 0 Å². The van der Waals surface area contributed by atoms with E-state index in [0.717, 1.165) is 19.5 Å². The molecule has 7 heteroatoms. The van der Waals surface area contributed by atoms with E-state index in [-0.39, 0.29) is 28.9 Å². The first-order valence-corrected chi connectivity index (χ1v) is 12.3. The lowest BCUT2D eigenvalue weighted by molar-refractivity contribution is -0.115. The van der Waals surface area contributed by atoms with Crippen molar-refractivity contribution in [3.05, 3.63) is 59.7 Å². The highest BCUT2D eigenvalue weighted by atomic mass is 32.2. The second-order valence-corrected chi connectivity index (χ2v) is 10.8. The van der Waals surface area contributed by atoms with Crippen LogP contribution in [-0.4, -0.2) is 44.0 Å². The lowest BCUT2D eigenvalue weighted by Gasteiger charge is -2.35. The van der Waals surface area contributed by atoms with E-state index in [1.54, 1.807) is 43.3 Å². The molecule has 1 heterocycles. The molecule has 6 nitrogen and oxygen atoms in total. The van der Waals surface area contributed by atoms with Crippen LogP contribution in [0.1, 0.15) is 43.1 Å². The number of para-hydroxylation sites is 1. The Balaban J connectivity index is 1.70. The van der Waals surface area contributed by atoms with Crippen LogP contribution in [0.25, 0.3) is 0 Å². The normalized spacial score (nSPS) is 19.1. The average Bonchev–Trinajstić information content (AvgIpc) is 2.73. The Hall–Kier alpha value is -2.67. The fourth-order valence-corrected chi connectivity index (χ4v) is 5.02. The van der Waals surface area contributed by atoms with E-state index in [1.807, 2.05) is 4.90 Å². The van der Waals surface area contributed by atoms with Crippen molar-refractivity contribution < 1.29 is 18.0 Å². The number of sulfone groups is 1. The summed E-state index contributed by atoms with van der Waals surface area (Å²) in [5.41, 5.74) is 1.69. The SMILES string of the molecule is CCS(=O)(=O)c1ccc(CC(=O)Nc2ccccc2C(=O)N2CC(C)CC(C)C2)cc1. The molecule has 1 fully saturated rings. The molecule has 1 aliphatic heterocycles. The highest BCUT2D eigenvalue weighted by Gasteiger charge is 2.27. The smallest absolute Gasteiger partial charge is 0.255 e. The van der Waals surface area contributed by atoms with Crippen LogP contribution < -0.4 is 5.32 Å². The van der Waals surface area contributed by atoms with Crippen molar-refractivity contribution >= 4 is 27.3 Å². The highest BCUT2D eigenvalue weighted by Crippen LogP contribution is 2.25. The number of hydrogen-bond donors (Lipinski definition) is 1. The fraction of sp³-hybridized carbons (Fsp3) is 0.417. The molecular formula is C24H30N2O4S. The molecule has 0 bridgehead atoms. The Morgan fingerprint density at radius 1 is 1.00 bits per heavy atom. The number of anilines is 1. The molecule has 166 valence electrons. The van der Waals surface area contributed by atoms with Crippen LogP contribution in [0.3, 0.4) is 0 Å². The third-order valence-corrected chi connectivity index (χ3v) is 7.37. The van der Waals surface area contributed by atoms with Crippen molar-refractivity contribution in [2.24, 2.45) is 11.8 Å². The number of likely N-dealkylation sites (tertiary alicyclic amines) is 1. The van der Waals surface area contributed by atoms with Gasteiger partial charge in [0.05, 0.1) is 28.3 Å². The lowest BCUT2D eigenvalue weighted by Crippen LogP contribution is -2.42. The standard InChI is InChI=1S/C24H30N2O4S/c1-4-31(29,30)20-11-9-19(10-12-20)14-23(27)25-22-8-6-5-7-21(22)24(28)26-15-17(2)13-18(3)16-26/h5-12,17-18H,4,13-16H2,1-3H3,(H,25,27). The molecule has 0 radical (unpaired) electrons. The summed E-state index contributed by atoms with van der Waals surface area (Å²) in [5.74, 6) is 0.615. The molecule has 1 aliphatic rings. The van der Waals surface area contributed by atoms with Gasteiger partial charge >= 0.3 is 0 Å². The first kappa shape index (κ1) is 23.0. The summed E-state index contributed by atoms with van der Waals surface area (Å²) in [7, 11) is -3.27. The number of carbonyl (C=O) groups is 2. The quantitative estimate of drug-likeness (QED) is 0.738. The van der Waals surface area contributed by atoms with Crippen LogP contribution >= 0.6 is 0 Å². The van der Waals surface area contributed by atoms with Crippen LogP contribution in [-0.2, 0) is 21.1 Å². The highest BCUT2D eigenvalue weighted by molar-refractivity contribution is 7.91. The zero-order valence-electron chi connectivity index (χ0n) is 18.3. The van der Waals surface area contributed by atoms with Gasteiger partial charge in [0, 0.05) is 13.1 Å². The number of carbonyl (C=O) groups excluding carboxylic acids is 2. The predicted molar refractivity (Wildman–Crippen MR) is 122 cm³/mol. The maximum atomic E-state index is 13.1. The maximum Gasteiger partial charge on any atom is 0.255 e. The van der Waals surface area contributed by atoms with E-state index in [2.05, 4.69) is 19.2 Å². The van der Waals surface area contributed by atoms with Crippen molar-refractivity contribution in [2.45, 2.75) is 38.5 Å².